The molecule has 3 rings (SSSR count). The van der Waals surface area contributed by atoms with Gasteiger partial charge in [-0.2, -0.15) is 0 Å². The van der Waals surface area contributed by atoms with E-state index in [1.54, 1.807) is 0 Å². The Morgan fingerprint density at radius 1 is 1.20 bits per heavy atom. The van der Waals surface area contributed by atoms with Crippen molar-refractivity contribution in [3.05, 3.63) is 42.1 Å². The molecule has 0 aliphatic carbocycles. The summed E-state index contributed by atoms with van der Waals surface area (Å²) >= 11 is 1.82. The van der Waals surface area contributed by atoms with Crippen LogP contribution in [-0.2, 0) is 6.42 Å². The van der Waals surface area contributed by atoms with Gasteiger partial charge in [-0.1, -0.05) is 13.0 Å². The summed E-state index contributed by atoms with van der Waals surface area (Å²) < 4.78 is 2.61. The first-order chi connectivity index (χ1) is 7.38. The zero-order valence-electron chi connectivity index (χ0n) is 8.53. The van der Waals surface area contributed by atoms with E-state index in [0.29, 0.717) is 0 Å². The summed E-state index contributed by atoms with van der Waals surface area (Å²) in [5.41, 5.74) is 2.53. The normalized spacial score (nSPS) is 11.3. The topological polar surface area (TPSA) is 12.9 Å². The molecule has 15 heavy (non-hydrogen) atoms. The first-order valence-corrected chi connectivity index (χ1v) is 5.96. The average molecular weight is 213 g/mol. The van der Waals surface area contributed by atoms with Crippen LogP contribution in [0, 0.1) is 0 Å². The summed E-state index contributed by atoms with van der Waals surface area (Å²) in [6.07, 6.45) is 2.95. The minimum Gasteiger partial charge on any atom is -0.255 e. The molecule has 0 bridgehead atoms. The van der Waals surface area contributed by atoms with E-state index in [2.05, 4.69) is 36.2 Å². The van der Waals surface area contributed by atoms with Gasteiger partial charge in [-0.25, -0.2) is 0 Å². The predicted octanol–water partition coefficient (Wildman–Crippen LogP) is 4.01. The van der Waals surface area contributed by atoms with Crippen LogP contribution in [0.3, 0.4) is 0 Å². The van der Waals surface area contributed by atoms with Crippen LogP contribution in [0.5, 0.6) is 0 Å². The molecule has 0 fully saturated rings. The Morgan fingerprint density at radius 2 is 2.13 bits per heavy atom. The fourth-order valence-electron chi connectivity index (χ4n) is 1.86. The second kappa shape index (κ2) is 3.31. The molecule has 0 saturated carbocycles. The molecular formula is C13H11NS. The van der Waals surface area contributed by atoms with Crippen molar-refractivity contribution in [1.82, 2.24) is 4.98 Å². The van der Waals surface area contributed by atoms with Crippen LogP contribution in [0.2, 0.25) is 0 Å². The lowest BCUT2D eigenvalue weighted by Gasteiger charge is -1.95. The lowest BCUT2D eigenvalue weighted by Crippen LogP contribution is -1.78. The minimum absolute atomic E-state index is 1.08. The third-order valence-electron chi connectivity index (χ3n) is 2.70. The van der Waals surface area contributed by atoms with Crippen LogP contribution in [0.25, 0.3) is 20.3 Å². The zero-order chi connectivity index (χ0) is 10.3. The van der Waals surface area contributed by atoms with Crippen molar-refractivity contribution in [3.63, 3.8) is 0 Å². The number of thiophene rings is 1. The molecule has 74 valence electrons. The largest absolute Gasteiger partial charge is 0.255 e. The van der Waals surface area contributed by atoms with E-state index >= 15 is 0 Å². The third-order valence-corrected chi connectivity index (χ3v) is 3.82. The standard InChI is InChI=1S/C13H11NS/c1-2-9-5-6-11-10(8-9)13-12(15-11)4-3-7-14-13/h3-8H,2H2,1H3. The second-order valence-electron chi connectivity index (χ2n) is 3.64. The molecule has 2 heterocycles. The van der Waals surface area contributed by atoms with E-state index in [1.165, 1.54) is 20.3 Å². The van der Waals surface area contributed by atoms with Crippen molar-refractivity contribution in [2.75, 3.05) is 0 Å². The Bertz CT molecular complexity index is 625. The van der Waals surface area contributed by atoms with Crippen LogP contribution in [-0.4, -0.2) is 4.98 Å². The first kappa shape index (κ1) is 8.86. The maximum absolute atomic E-state index is 4.46. The van der Waals surface area contributed by atoms with Gasteiger partial charge in [-0.05, 0) is 36.2 Å². The van der Waals surface area contributed by atoms with Crippen LogP contribution in [0.1, 0.15) is 12.5 Å². The molecule has 0 spiro atoms. The molecular weight excluding hydrogens is 202 g/mol. The number of aromatic nitrogens is 1. The summed E-state index contributed by atoms with van der Waals surface area (Å²) in [6.45, 7) is 2.18. The van der Waals surface area contributed by atoms with Gasteiger partial charge < -0.3 is 0 Å². The number of hydrogen-bond acceptors (Lipinski definition) is 2. The summed E-state index contributed by atoms with van der Waals surface area (Å²) in [5, 5.41) is 1.30. The summed E-state index contributed by atoms with van der Waals surface area (Å²) in [4.78, 5) is 4.46. The molecule has 0 unspecified atom stereocenters. The van der Waals surface area contributed by atoms with Crippen LogP contribution >= 0.6 is 11.3 Å². The molecule has 3 aromatic rings. The Balaban J connectivity index is 2.46. The van der Waals surface area contributed by atoms with Crippen molar-refractivity contribution >= 4 is 31.6 Å². The van der Waals surface area contributed by atoms with Crippen molar-refractivity contribution < 1.29 is 0 Å². The zero-order valence-corrected chi connectivity index (χ0v) is 9.34. The first-order valence-electron chi connectivity index (χ1n) is 5.14. The van der Waals surface area contributed by atoms with Gasteiger partial charge in [0.2, 0.25) is 0 Å². The highest BCUT2D eigenvalue weighted by Gasteiger charge is 2.05. The number of aryl methyl sites for hydroxylation is 1. The Kier molecular flexibility index (Phi) is 1.96. The van der Waals surface area contributed by atoms with Crippen molar-refractivity contribution in [2.45, 2.75) is 13.3 Å². The second-order valence-corrected chi connectivity index (χ2v) is 4.72. The van der Waals surface area contributed by atoms with Gasteiger partial charge in [-0.15, -0.1) is 11.3 Å². The molecule has 0 N–H and O–H groups in total. The highest BCUT2D eigenvalue weighted by atomic mass is 32.1. The maximum atomic E-state index is 4.46. The monoisotopic (exact) mass is 213 g/mol. The number of rotatable bonds is 1. The minimum atomic E-state index is 1.08. The molecule has 1 nitrogen and oxygen atoms in total. The lowest BCUT2D eigenvalue weighted by molar-refractivity contribution is 1.15. The van der Waals surface area contributed by atoms with Gasteiger partial charge in [0, 0.05) is 16.3 Å². The van der Waals surface area contributed by atoms with Gasteiger partial charge in [-0.3, -0.25) is 4.98 Å². The highest BCUT2D eigenvalue weighted by molar-refractivity contribution is 7.25. The average Bonchev–Trinajstić information content (AvgIpc) is 2.66. The van der Waals surface area contributed by atoms with Gasteiger partial charge in [0.1, 0.15) is 0 Å². The summed E-state index contributed by atoms with van der Waals surface area (Å²) in [6, 6.07) is 10.8. The molecule has 0 atom stereocenters. The molecule has 2 aromatic heterocycles. The van der Waals surface area contributed by atoms with E-state index in [4.69, 9.17) is 0 Å². The third kappa shape index (κ3) is 1.33. The molecule has 1 aromatic carbocycles. The van der Waals surface area contributed by atoms with Crippen molar-refractivity contribution in [2.24, 2.45) is 0 Å². The quantitative estimate of drug-likeness (QED) is 0.595. The van der Waals surface area contributed by atoms with E-state index in [-0.39, 0.29) is 0 Å². The van der Waals surface area contributed by atoms with E-state index < -0.39 is 0 Å². The fourth-order valence-corrected chi connectivity index (χ4v) is 2.91. The van der Waals surface area contributed by atoms with Crippen molar-refractivity contribution in [1.29, 1.82) is 0 Å². The number of nitrogens with zero attached hydrogens (tertiary/aromatic N) is 1. The molecule has 0 aliphatic heterocycles. The van der Waals surface area contributed by atoms with E-state index in [1.807, 2.05) is 23.6 Å². The Morgan fingerprint density at radius 3 is 3.00 bits per heavy atom. The SMILES string of the molecule is CCc1ccc2sc3cccnc3c2c1. The molecule has 0 aliphatic rings. The molecule has 0 saturated heterocycles. The predicted molar refractivity (Wildman–Crippen MR) is 66.5 cm³/mol. The fraction of sp³-hybridized carbons (Fsp3) is 0.154. The highest BCUT2D eigenvalue weighted by Crippen LogP contribution is 2.32. The Labute approximate surface area is 92.4 Å². The number of hydrogen-bond donors (Lipinski definition) is 0. The van der Waals surface area contributed by atoms with Gasteiger partial charge in [0.15, 0.2) is 0 Å². The Hall–Kier alpha value is -1.41. The molecule has 0 amide bonds. The molecule has 0 radical (unpaired) electrons. The number of benzene rings is 1. The molecule has 2 heteroatoms. The van der Waals surface area contributed by atoms with Gasteiger partial charge in [0.05, 0.1) is 10.2 Å². The lowest BCUT2D eigenvalue weighted by atomic mass is 10.1. The van der Waals surface area contributed by atoms with Crippen LogP contribution in [0.15, 0.2) is 36.5 Å². The van der Waals surface area contributed by atoms with Crippen molar-refractivity contribution in [3.8, 4) is 0 Å². The van der Waals surface area contributed by atoms with Crippen LogP contribution < -0.4 is 0 Å². The van der Waals surface area contributed by atoms with Crippen LogP contribution in [0.4, 0.5) is 0 Å². The van der Waals surface area contributed by atoms with Gasteiger partial charge >= 0.3 is 0 Å². The smallest absolute Gasteiger partial charge is 0.0888 e. The number of pyridine rings is 1. The summed E-state index contributed by atoms with van der Waals surface area (Å²) in [7, 11) is 0. The van der Waals surface area contributed by atoms with Gasteiger partial charge in [0.25, 0.3) is 0 Å². The van der Waals surface area contributed by atoms with E-state index in [0.717, 1.165) is 11.9 Å². The number of fused-ring (bicyclic) bond motifs is 3. The van der Waals surface area contributed by atoms with E-state index in [9.17, 15) is 0 Å². The maximum Gasteiger partial charge on any atom is 0.0888 e. The summed E-state index contributed by atoms with van der Waals surface area (Å²) in [5.74, 6) is 0.